The molecule has 1 atom stereocenters. The molecule has 2 heterocycles. The van der Waals surface area contributed by atoms with Crippen LogP contribution in [0.5, 0.6) is 5.75 Å². The third kappa shape index (κ3) is 6.06. The van der Waals surface area contributed by atoms with Crippen LogP contribution < -0.4 is 9.64 Å². The fourth-order valence-corrected chi connectivity index (χ4v) is 5.98. The number of anilines is 1. The molecule has 1 N–H and O–H groups in total. The molecular weight excluding hydrogens is 557 g/mol. The Kier molecular flexibility index (Phi) is 7.54. The molecule has 41 heavy (non-hydrogen) atoms. The molecule has 1 saturated heterocycles. The Morgan fingerprint density at radius 1 is 0.976 bits per heavy atom. The lowest BCUT2D eigenvalue weighted by molar-refractivity contribution is -0.189. The average molecular weight is 589 g/mol. The van der Waals surface area contributed by atoms with E-state index < -0.39 is 33.6 Å². The van der Waals surface area contributed by atoms with Crippen molar-refractivity contribution in [2.24, 2.45) is 0 Å². The van der Waals surface area contributed by atoms with Gasteiger partial charge < -0.3 is 19.6 Å². The van der Waals surface area contributed by atoms with Gasteiger partial charge in [0, 0.05) is 38.1 Å². The van der Waals surface area contributed by atoms with E-state index in [9.17, 15) is 31.5 Å². The molecule has 0 bridgehead atoms. The van der Waals surface area contributed by atoms with Crippen molar-refractivity contribution in [3.8, 4) is 5.75 Å². The van der Waals surface area contributed by atoms with Crippen LogP contribution >= 0.6 is 0 Å². The van der Waals surface area contributed by atoms with Crippen LogP contribution in [0.4, 0.5) is 18.9 Å². The number of benzene rings is 3. The first kappa shape index (κ1) is 28.9. The van der Waals surface area contributed by atoms with E-state index in [0.29, 0.717) is 25.9 Å². The molecule has 5 rings (SSSR count). The molecule has 0 unspecified atom stereocenters. The monoisotopic (exact) mass is 588 g/mol. The minimum atomic E-state index is -4.67. The zero-order valence-electron chi connectivity index (χ0n) is 22.7. The van der Waals surface area contributed by atoms with Crippen LogP contribution in [0.1, 0.15) is 46.8 Å². The number of sulfone groups is 1. The predicted octanol–water partition coefficient (Wildman–Crippen LogP) is 5.06. The van der Waals surface area contributed by atoms with Crippen LogP contribution in [0, 0.1) is 0 Å². The molecule has 0 radical (unpaired) electrons. The van der Waals surface area contributed by atoms with E-state index in [4.69, 9.17) is 4.74 Å². The van der Waals surface area contributed by atoms with E-state index in [1.54, 1.807) is 0 Å². The maximum absolute atomic E-state index is 13.6. The second kappa shape index (κ2) is 10.7. The Hall–Kier alpha value is -3.57. The molecule has 1 fully saturated rings. The lowest BCUT2D eigenvalue weighted by atomic mass is 9.84. The van der Waals surface area contributed by atoms with Crippen LogP contribution in [0.3, 0.4) is 0 Å². The summed E-state index contributed by atoms with van der Waals surface area (Å²) in [5.41, 5.74) is 2.51. The third-order valence-corrected chi connectivity index (χ3v) is 8.95. The van der Waals surface area contributed by atoms with Crippen molar-refractivity contribution in [3.63, 3.8) is 0 Å². The van der Waals surface area contributed by atoms with Crippen molar-refractivity contribution in [1.82, 2.24) is 4.90 Å². The van der Waals surface area contributed by atoms with Gasteiger partial charge in [-0.15, -0.1) is 0 Å². The van der Waals surface area contributed by atoms with Gasteiger partial charge in [0.2, 0.25) is 0 Å². The summed E-state index contributed by atoms with van der Waals surface area (Å²) in [5.74, 6) is -0.952. The average Bonchev–Trinajstić information content (AvgIpc) is 3.36. The fraction of sp³-hybridized carbons (Fsp3) is 0.367. The molecule has 11 heteroatoms. The number of carbonyl (C=O) groups is 1. The number of hydrogen-bond donors (Lipinski definition) is 1. The maximum atomic E-state index is 13.6. The SMILES string of the molecule is C[C@H](Oc1ccc(S(C)(=O)=O)cc1C(=O)N1Cc2ccc(N3CCC(O)(c4ccccc4)CC3)cc2C1)C(F)(F)F. The van der Waals surface area contributed by atoms with Crippen LogP contribution in [0.2, 0.25) is 0 Å². The van der Waals surface area contributed by atoms with Crippen molar-refractivity contribution in [1.29, 1.82) is 0 Å². The lowest BCUT2D eigenvalue weighted by Crippen LogP contribution is -2.42. The van der Waals surface area contributed by atoms with E-state index in [1.807, 2.05) is 48.5 Å². The van der Waals surface area contributed by atoms with Gasteiger partial charge in [-0.05, 0) is 66.8 Å². The van der Waals surface area contributed by atoms with Crippen LogP contribution in [0.25, 0.3) is 0 Å². The van der Waals surface area contributed by atoms with Gasteiger partial charge in [0.05, 0.1) is 16.1 Å². The molecule has 0 aliphatic carbocycles. The van der Waals surface area contributed by atoms with E-state index in [0.717, 1.165) is 53.8 Å². The van der Waals surface area contributed by atoms with Crippen molar-refractivity contribution >= 4 is 21.4 Å². The number of aliphatic hydroxyl groups is 1. The van der Waals surface area contributed by atoms with Gasteiger partial charge in [-0.1, -0.05) is 36.4 Å². The maximum Gasteiger partial charge on any atom is 0.425 e. The number of fused-ring (bicyclic) bond motifs is 1. The predicted molar refractivity (Wildman–Crippen MR) is 148 cm³/mol. The van der Waals surface area contributed by atoms with Gasteiger partial charge in [0.25, 0.3) is 5.91 Å². The number of piperidine rings is 1. The number of ether oxygens (including phenoxy) is 1. The minimum Gasteiger partial charge on any atom is -0.480 e. The molecule has 0 saturated carbocycles. The zero-order valence-corrected chi connectivity index (χ0v) is 23.5. The summed E-state index contributed by atoms with van der Waals surface area (Å²) < 4.78 is 69.0. The summed E-state index contributed by atoms with van der Waals surface area (Å²) in [6, 6.07) is 18.8. The first-order valence-electron chi connectivity index (χ1n) is 13.3. The molecule has 0 aromatic heterocycles. The minimum absolute atomic E-state index is 0.188. The zero-order chi connectivity index (χ0) is 29.6. The highest BCUT2D eigenvalue weighted by Gasteiger charge is 2.39. The van der Waals surface area contributed by atoms with Crippen molar-refractivity contribution in [3.05, 3.63) is 89.0 Å². The number of alkyl halides is 3. The van der Waals surface area contributed by atoms with Gasteiger partial charge in [-0.25, -0.2) is 8.42 Å². The smallest absolute Gasteiger partial charge is 0.425 e. The Morgan fingerprint density at radius 2 is 1.63 bits per heavy atom. The highest BCUT2D eigenvalue weighted by molar-refractivity contribution is 7.90. The molecule has 2 aliphatic rings. The summed E-state index contributed by atoms with van der Waals surface area (Å²) in [5, 5.41) is 11.2. The summed E-state index contributed by atoms with van der Waals surface area (Å²) in [4.78, 5) is 17.0. The number of carbonyl (C=O) groups excluding carboxylic acids is 1. The van der Waals surface area contributed by atoms with Gasteiger partial charge in [0.1, 0.15) is 5.75 Å². The Labute approximate surface area is 237 Å². The van der Waals surface area contributed by atoms with E-state index in [1.165, 1.54) is 4.90 Å². The summed E-state index contributed by atoms with van der Waals surface area (Å²) in [7, 11) is -3.73. The molecule has 1 amide bonds. The highest BCUT2D eigenvalue weighted by Crippen LogP contribution is 2.37. The Bertz CT molecular complexity index is 1550. The van der Waals surface area contributed by atoms with E-state index in [2.05, 4.69) is 4.90 Å². The van der Waals surface area contributed by atoms with Gasteiger partial charge in [0.15, 0.2) is 15.9 Å². The Morgan fingerprint density at radius 3 is 2.27 bits per heavy atom. The second-order valence-corrected chi connectivity index (χ2v) is 12.7. The standard InChI is InChI=1S/C30H31F3N2O5S/c1-20(30(31,32)33)40-27-11-10-25(41(2,38)39)17-26(27)28(36)35-18-21-8-9-24(16-22(21)19-35)34-14-12-29(37,13-15-34)23-6-4-3-5-7-23/h3-11,16-17,20,37H,12-15,18-19H2,1-2H3/t20-/m0/s1. The largest absolute Gasteiger partial charge is 0.480 e. The van der Waals surface area contributed by atoms with Gasteiger partial charge in [-0.2, -0.15) is 13.2 Å². The molecule has 3 aromatic carbocycles. The summed E-state index contributed by atoms with van der Waals surface area (Å²) in [6.45, 7) is 2.54. The molecular formula is C30H31F3N2O5S. The number of halogens is 3. The second-order valence-electron chi connectivity index (χ2n) is 10.7. The van der Waals surface area contributed by atoms with Crippen molar-refractivity contribution < 1.29 is 36.2 Å². The molecule has 218 valence electrons. The molecule has 7 nitrogen and oxygen atoms in total. The van der Waals surface area contributed by atoms with Crippen molar-refractivity contribution in [2.75, 3.05) is 24.2 Å². The number of nitrogens with zero attached hydrogens (tertiary/aromatic N) is 2. The van der Waals surface area contributed by atoms with Crippen LogP contribution in [-0.2, 0) is 28.5 Å². The molecule has 0 spiro atoms. The summed E-state index contributed by atoms with van der Waals surface area (Å²) >= 11 is 0. The lowest BCUT2D eigenvalue weighted by Gasteiger charge is -2.39. The number of hydrogen-bond acceptors (Lipinski definition) is 6. The topological polar surface area (TPSA) is 87.2 Å². The molecule has 3 aromatic rings. The first-order chi connectivity index (χ1) is 19.2. The molecule has 2 aliphatic heterocycles. The highest BCUT2D eigenvalue weighted by atomic mass is 32.2. The Balaban J connectivity index is 1.34. The first-order valence-corrected chi connectivity index (χ1v) is 15.2. The number of rotatable bonds is 6. The van der Waals surface area contributed by atoms with Crippen molar-refractivity contribution in [2.45, 2.75) is 55.6 Å². The van der Waals surface area contributed by atoms with E-state index >= 15 is 0 Å². The summed E-state index contributed by atoms with van der Waals surface area (Å²) in [6.07, 6.45) is -4.77. The van der Waals surface area contributed by atoms with Crippen LogP contribution in [0.15, 0.2) is 71.6 Å². The van der Waals surface area contributed by atoms with Crippen LogP contribution in [-0.4, -0.2) is 56.0 Å². The fourth-order valence-electron chi connectivity index (χ4n) is 5.33. The van der Waals surface area contributed by atoms with Gasteiger partial charge >= 0.3 is 6.18 Å². The quantitative estimate of drug-likeness (QED) is 0.433. The third-order valence-electron chi connectivity index (χ3n) is 7.84. The number of amides is 1. The van der Waals surface area contributed by atoms with Gasteiger partial charge in [-0.3, -0.25) is 4.79 Å². The normalized spacial score (nSPS) is 17.7. The van der Waals surface area contributed by atoms with E-state index in [-0.39, 0.29) is 29.3 Å².